The molecule has 2 aromatic rings. The zero-order valence-corrected chi connectivity index (χ0v) is 8.77. The fourth-order valence-electron chi connectivity index (χ4n) is 1.57. The van der Waals surface area contributed by atoms with Crippen molar-refractivity contribution in [2.45, 2.75) is 6.92 Å². The Kier molecular flexibility index (Phi) is 2.77. The lowest BCUT2D eigenvalue weighted by molar-refractivity contribution is 0.112. The topological polar surface area (TPSA) is 30.0 Å². The van der Waals surface area contributed by atoms with Gasteiger partial charge in [-0.3, -0.25) is 9.78 Å². The highest BCUT2D eigenvalue weighted by Crippen LogP contribution is 2.25. The fraction of sp³-hybridized carbons (Fsp3) is 0.0769. The van der Waals surface area contributed by atoms with Crippen LogP contribution in [0.3, 0.4) is 0 Å². The van der Waals surface area contributed by atoms with Crippen LogP contribution in [0.5, 0.6) is 0 Å². The fourth-order valence-corrected chi connectivity index (χ4v) is 1.57. The molecule has 0 saturated carbocycles. The van der Waals surface area contributed by atoms with Gasteiger partial charge in [-0.1, -0.05) is 0 Å². The first-order valence-corrected chi connectivity index (χ1v) is 4.88. The summed E-state index contributed by atoms with van der Waals surface area (Å²) in [5.74, 6) is -0.346. The summed E-state index contributed by atoms with van der Waals surface area (Å²) < 4.78 is 13.6. The van der Waals surface area contributed by atoms with Crippen molar-refractivity contribution in [2.24, 2.45) is 0 Å². The second-order valence-corrected chi connectivity index (χ2v) is 3.55. The lowest BCUT2D eigenvalue weighted by atomic mass is 10.0. The monoisotopic (exact) mass is 215 g/mol. The molecule has 2 nitrogen and oxygen atoms in total. The number of carbonyl (C=O) groups is 1. The van der Waals surface area contributed by atoms with Gasteiger partial charge in [-0.05, 0) is 36.8 Å². The molecular weight excluding hydrogens is 205 g/mol. The van der Waals surface area contributed by atoms with Gasteiger partial charge in [-0.25, -0.2) is 4.39 Å². The molecule has 0 bridgehead atoms. The maximum atomic E-state index is 13.6. The zero-order chi connectivity index (χ0) is 11.5. The molecule has 0 spiro atoms. The predicted octanol–water partition coefficient (Wildman–Crippen LogP) is 3.01. The van der Waals surface area contributed by atoms with Crippen molar-refractivity contribution in [2.75, 3.05) is 0 Å². The molecule has 0 N–H and O–H groups in total. The lowest BCUT2D eigenvalue weighted by Gasteiger charge is -2.06. The van der Waals surface area contributed by atoms with Crippen molar-refractivity contribution in [3.8, 4) is 11.1 Å². The number of carbonyl (C=O) groups excluding carboxylic acids is 1. The van der Waals surface area contributed by atoms with Crippen LogP contribution in [0.2, 0.25) is 0 Å². The quantitative estimate of drug-likeness (QED) is 0.721. The van der Waals surface area contributed by atoms with E-state index in [2.05, 4.69) is 4.98 Å². The second-order valence-electron chi connectivity index (χ2n) is 3.55. The van der Waals surface area contributed by atoms with Gasteiger partial charge in [-0.2, -0.15) is 0 Å². The molecule has 1 aromatic heterocycles. The number of hydrogen-bond donors (Lipinski definition) is 0. The van der Waals surface area contributed by atoms with Crippen LogP contribution in [0, 0.1) is 12.7 Å². The number of aldehydes is 1. The number of hydrogen-bond acceptors (Lipinski definition) is 2. The Morgan fingerprint density at radius 2 is 2.06 bits per heavy atom. The summed E-state index contributed by atoms with van der Waals surface area (Å²) in [6.07, 6.45) is 3.96. The van der Waals surface area contributed by atoms with Gasteiger partial charge in [0.05, 0.1) is 0 Å². The summed E-state index contributed by atoms with van der Waals surface area (Å²) in [5, 5.41) is 0. The number of nitrogens with zero attached hydrogens (tertiary/aromatic N) is 1. The molecule has 0 fully saturated rings. The van der Waals surface area contributed by atoms with Crippen molar-refractivity contribution >= 4 is 6.29 Å². The number of benzene rings is 1. The molecule has 0 aliphatic heterocycles. The molecule has 0 unspecified atom stereocenters. The van der Waals surface area contributed by atoms with Crippen LogP contribution in [0.15, 0.2) is 36.7 Å². The number of rotatable bonds is 2. The molecule has 3 heteroatoms. The summed E-state index contributed by atoms with van der Waals surface area (Å²) in [6.45, 7) is 1.88. The predicted molar refractivity (Wildman–Crippen MR) is 59.8 cm³/mol. The molecule has 16 heavy (non-hydrogen) atoms. The first kappa shape index (κ1) is 10.5. The highest BCUT2D eigenvalue weighted by molar-refractivity contribution is 5.79. The molecule has 2 rings (SSSR count). The smallest absolute Gasteiger partial charge is 0.150 e. The third-order valence-electron chi connectivity index (χ3n) is 2.46. The van der Waals surface area contributed by atoms with E-state index in [1.54, 1.807) is 12.4 Å². The third-order valence-corrected chi connectivity index (χ3v) is 2.46. The van der Waals surface area contributed by atoms with Crippen LogP contribution in [-0.2, 0) is 0 Å². The zero-order valence-electron chi connectivity index (χ0n) is 8.77. The summed E-state index contributed by atoms with van der Waals surface area (Å²) >= 11 is 0. The number of aromatic nitrogens is 1. The molecule has 1 aromatic carbocycles. The van der Waals surface area contributed by atoms with Gasteiger partial charge < -0.3 is 0 Å². The summed E-state index contributed by atoms with van der Waals surface area (Å²) in [4.78, 5) is 14.6. The van der Waals surface area contributed by atoms with Gasteiger partial charge in [0.1, 0.15) is 12.1 Å². The third kappa shape index (κ3) is 1.84. The van der Waals surface area contributed by atoms with Crippen molar-refractivity contribution in [1.82, 2.24) is 4.98 Å². The Bertz CT molecular complexity index is 537. The summed E-state index contributed by atoms with van der Waals surface area (Å²) in [5.41, 5.74) is 2.51. The summed E-state index contributed by atoms with van der Waals surface area (Å²) in [7, 11) is 0. The van der Waals surface area contributed by atoms with Crippen LogP contribution in [0.25, 0.3) is 11.1 Å². The van der Waals surface area contributed by atoms with Gasteiger partial charge >= 0.3 is 0 Å². The van der Waals surface area contributed by atoms with Gasteiger partial charge in [-0.15, -0.1) is 0 Å². The van der Waals surface area contributed by atoms with E-state index in [-0.39, 0.29) is 5.82 Å². The van der Waals surface area contributed by atoms with Crippen molar-refractivity contribution in [1.29, 1.82) is 0 Å². The molecule has 1 heterocycles. The number of aryl methyl sites for hydroxylation is 1. The van der Waals surface area contributed by atoms with E-state index in [9.17, 15) is 9.18 Å². The van der Waals surface area contributed by atoms with E-state index in [0.717, 1.165) is 5.56 Å². The first-order chi connectivity index (χ1) is 7.72. The molecular formula is C13H10FNO. The van der Waals surface area contributed by atoms with E-state index in [1.165, 1.54) is 18.2 Å². The van der Waals surface area contributed by atoms with Crippen LogP contribution in [0.4, 0.5) is 4.39 Å². The van der Waals surface area contributed by atoms with Crippen molar-refractivity contribution < 1.29 is 9.18 Å². The van der Waals surface area contributed by atoms with E-state index < -0.39 is 0 Å². The van der Waals surface area contributed by atoms with Crippen LogP contribution in [-0.4, -0.2) is 11.3 Å². The molecule has 0 radical (unpaired) electrons. The second kappa shape index (κ2) is 4.23. The minimum Gasteiger partial charge on any atom is -0.298 e. The maximum Gasteiger partial charge on any atom is 0.150 e. The average molecular weight is 215 g/mol. The Labute approximate surface area is 92.8 Å². The van der Waals surface area contributed by atoms with E-state index in [0.29, 0.717) is 23.0 Å². The minimum atomic E-state index is -0.346. The molecule has 0 amide bonds. The van der Waals surface area contributed by atoms with Gasteiger partial charge in [0, 0.05) is 29.1 Å². The first-order valence-electron chi connectivity index (χ1n) is 4.88. The van der Waals surface area contributed by atoms with E-state index in [4.69, 9.17) is 0 Å². The molecule has 80 valence electrons. The molecule has 0 atom stereocenters. The van der Waals surface area contributed by atoms with E-state index in [1.807, 2.05) is 13.0 Å². The van der Waals surface area contributed by atoms with Gasteiger partial charge in [0.15, 0.2) is 0 Å². The SMILES string of the molecule is Cc1ccncc1-c1cc(C=O)ccc1F. The highest BCUT2D eigenvalue weighted by atomic mass is 19.1. The van der Waals surface area contributed by atoms with Crippen molar-refractivity contribution in [3.05, 3.63) is 53.6 Å². The number of halogens is 1. The Morgan fingerprint density at radius 1 is 1.25 bits per heavy atom. The Balaban J connectivity index is 2.63. The van der Waals surface area contributed by atoms with Gasteiger partial charge in [0.25, 0.3) is 0 Å². The normalized spacial score (nSPS) is 10.1. The minimum absolute atomic E-state index is 0.346. The Morgan fingerprint density at radius 3 is 2.75 bits per heavy atom. The lowest BCUT2D eigenvalue weighted by Crippen LogP contribution is -1.91. The Hall–Kier alpha value is -2.03. The number of pyridine rings is 1. The molecule has 0 saturated heterocycles. The standard InChI is InChI=1S/C13H10FNO/c1-9-4-5-15-7-12(9)11-6-10(8-16)2-3-13(11)14/h2-8H,1H3. The van der Waals surface area contributed by atoms with Gasteiger partial charge in [0.2, 0.25) is 0 Å². The van der Waals surface area contributed by atoms with Crippen LogP contribution >= 0.6 is 0 Å². The summed E-state index contributed by atoms with van der Waals surface area (Å²) in [6, 6.07) is 6.09. The molecule has 0 aliphatic rings. The highest BCUT2D eigenvalue weighted by Gasteiger charge is 2.08. The van der Waals surface area contributed by atoms with Crippen molar-refractivity contribution in [3.63, 3.8) is 0 Å². The average Bonchev–Trinajstić information content (AvgIpc) is 2.31. The van der Waals surface area contributed by atoms with E-state index >= 15 is 0 Å². The van der Waals surface area contributed by atoms with Crippen LogP contribution < -0.4 is 0 Å². The van der Waals surface area contributed by atoms with Crippen LogP contribution in [0.1, 0.15) is 15.9 Å². The largest absolute Gasteiger partial charge is 0.298 e. The maximum absolute atomic E-state index is 13.6. The molecule has 0 aliphatic carbocycles.